The lowest BCUT2D eigenvalue weighted by Gasteiger charge is -2.25. The molecule has 1 aliphatic heterocycles. The van der Waals surface area contributed by atoms with Crippen molar-refractivity contribution < 1.29 is 37.3 Å². The molecule has 0 saturated carbocycles. The van der Waals surface area contributed by atoms with E-state index in [-0.39, 0.29) is 39.7 Å². The zero-order valence-electron chi connectivity index (χ0n) is 15.2. The van der Waals surface area contributed by atoms with Gasteiger partial charge in [0.15, 0.2) is 0 Å². The lowest BCUT2D eigenvalue weighted by molar-refractivity contribution is -0.156. The number of phenols is 2. The number of carbonyl (C=O) groups excluding carboxylic acids is 1. The monoisotopic (exact) mass is 400 g/mol. The molecule has 1 aromatic heterocycles. The molecule has 0 radical (unpaired) electrons. The highest BCUT2D eigenvalue weighted by atomic mass is 19.4. The smallest absolute Gasteiger partial charge is 0.405 e. The van der Waals surface area contributed by atoms with Crippen molar-refractivity contribution in [1.29, 1.82) is 0 Å². The van der Waals surface area contributed by atoms with Crippen LogP contribution in [0.25, 0.3) is 0 Å². The Labute approximate surface area is 158 Å². The number of ether oxygens (including phenoxy) is 1. The van der Waals surface area contributed by atoms with E-state index in [4.69, 9.17) is 4.42 Å². The molecule has 2 heterocycles. The summed E-state index contributed by atoms with van der Waals surface area (Å²) >= 11 is 0. The number of aryl methyl sites for hydroxylation is 1. The van der Waals surface area contributed by atoms with Gasteiger partial charge in [0.2, 0.25) is 5.76 Å². The fourth-order valence-electron chi connectivity index (χ4n) is 3.46. The van der Waals surface area contributed by atoms with Gasteiger partial charge in [-0.3, -0.25) is 0 Å². The Morgan fingerprint density at radius 3 is 2.46 bits per heavy atom. The van der Waals surface area contributed by atoms with Crippen molar-refractivity contribution in [3.63, 3.8) is 0 Å². The molecule has 3 unspecified atom stereocenters. The normalized spacial score (nSPS) is 22.4. The van der Waals surface area contributed by atoms with E-state index in [9.17, 15) is 28.2 Å². The first-order valence-corrected chi connectivity index (χ1v) is 8.34. The van der Waals surface area contributed by atoms with Gasteiger partial charge in [-0.2, -0.15) is 13.2 Å². The number of rotatable bonds is 3. The number of alkyl halides is 3. The molecule has 1 fully saturated rings. The number of benzene rings is 1. The Kier molecular flexibility index (Phi) is 5.02. The van der Waals surface area contributed by atoms with E-state index in [2.05, 4.69) is 15.6 Å². The number of furan rings is 1. The summed E-state index contributed by atoms with van der Waals surface area (Å²) in [7, 11) is 1.14. The minimum Gasteiger partial charge on any atom is -0.508 e. The first-order valence-electron chi connectivity index (χ1n) is 8.34. The molecule has 4 N–H and O–H groups in total. The van der Waals surface area contributed by atoms with E-state index in [1.165, 1.54) is 32.0 Å². The molecule has 7 nitrogen and oxygen atoms in total. The van der Waals surface area contributed by atoms with Crippen LogP contribution in [0.4, 0.5) is 13.2 Å². The van der Waals surface area contributed by atoms with Gasteiger partial charge < -0.3 is 19.4 Å². The quantitative estimate of drug-likeness (QED) is 0.588. The number of halogens is 3. The predicted octanol–water partition coefficient (Wildman–Crippen LogP) is 2.96. The number of methoxy groups -OCH3 is 1. The molecule has 0 spiro atoms. The van der Waals surface area contributed by atoms with E-state index in [1.54, 1.807) is 0 Å². The van der Waals surface area contributed by atoms with Gasteiger partial charge in [0.1, 0.15) is 23.3 Å². The van der Waals surface area contributed by atoms with Crippen molar-refractivity contribution >= 4 is 5.97 Å². The third-order valence-electron chi connectivity index (χ3n) is 4.94. The van der Waals surface area contributed by atoms with E-state index in [0.29, 0.717) is 0 Å². The second-order valence-electron chi connectivity index (χ2n) is 6.57. The van der Waals surface area contributed by atoms with Crippen molar-refractivity contribution in [2.24, 2.45) is 0 Å². The number of hydrogen-bond acceptors (Lipinski definition) is 7. The highest BCUT2D eigenvalue weighted by Crippen LogP contribution is 2.47. The summed E-state index contributed by atoms with van der Waals surface area (Å²) in [5.74, 6) is -2.64. The summed E-state index contributed by atoms with van der Waals surface area (Å²) in [6.45, 7) is 2.90. The maximum atomic E-state index is 13.7. The van der Waals surface area contributed by atoms with E-state index < -0.39 is 30.1 Å². The molecular weight excluding hydrogens is 381 g/mol. The van der Waals surface area contributed by atoms with Gasteiger partial charge in [0.05, 0.1) is 13.2 Å². The summed E-state index contributed by atoms with van der Waals surface area (Å²) in [5, 5.41) is 20.1. The van der Waals surface area contributed by atoms with Gasteiger partial charge in [-0.15, -0.1) is 0 Å². The van der Waals surface area contributed by atoms with Crippen LogP contribution in [-0.2, 0) is 4.74 Å². The van der Waals surface area contributed by atoms with E-state index >= 15 is 0 Å². The highest BCUT2D eigenvalue weighted by Gasteiger charge is 2.53. The summed E-state index contributed by atoms with van der Waals surface area (Å²) in [6, 6.07) is 0.850. The Hall–Kier alpha value is -2.72. The van der Waals surface area contributed by atoms with Crippen LogP contribution >= 0.6 is 0 Å². The average Bonchev–Trinajstić information content (AvgIpc) is 3.22. The van der Waals surface area contributed by atoms with Gasteiger partial charge in [0, 0.05) is 22.6 Å². The molecule has 10 heteroatoms. The van der Waals surface area contributed by atoms with Crippen molar-refractivity contribution in [3.05, 3.63) is 46.4 Å². The summed E-state index contributed by atoms with van der Waals surface area (Å²) < 4.78 is 50.9. The van der Waals surface area contributed by atoms with Crippen molar-refractivity contribution in [3.8, 4) is 11.5 Å². The summed E-state index contributed by atoms with van der Waals surface area (Å²) in [6.07, 6.45) is -4.62. The van der Waals surface area contributed by atoms with Gasteiger partial charge in [-0.25, -0.2) is 15.6 Å². The van der Waals surface area contributed by atoms with Crippen LogP contribution in [-0.4, -0.2) is 35.5 Å². The minimum atomic E-state index is -4.62. The van der Waals surface area contributed by atoms with Crippen LogP contribution in [0.1, 0.15) is 45.0 Å². The molecule has 152 valence electrons. The van der Waals surface area contributed by atoms with Crippen LogP contribution in [0.3, 0.4) is 0 Å². The summed E-state index contributed by atoms with van der Waals surface area (Å²) in [4.78, 5) is 11.7. The molecule has 0 aliphatic carbocycles. The van der Waals surface area contributed by atoms with Gasteiger partial charge >= 0.3 is 12.1 Å². The molecular formula is C18H19F3N2O5. The van der Waals surface area contributed by atoms with Crippen LogP contribution in [0.5, 0.6) is 11.5 Å². The summed E-state index contributed by atoms with van der Waals surface area (Å²) in [5.41, 5.74) is 5.26. The maximum Gasteiger partial charge on any atom is 0.405 e. The molecule has 0 amide bonds. The Morgan fingerprint density at radius 2 is 1.86 bits per heavy atom. The standard InChI is InChI=1S/C18H19F3N2O5/c1-7-11(24)5-4-9(15(7)25)14-13(16(23-22-14)18(19,20)21)10-6-12(17(26)27-3)28-8(10)2/h4-6,13-14,16,22-25H,1-3H3. The van der Waals surface area contributed by atoms with Crippen molar-refractivity contribution in [2.45, 2.75) is 38.0 Å². The molecule has 28 heavy (non-hydrogen) atoms. The molecule has 1 aromatic carbocycles. The lowest BCUT2D eigenvalue weighted by atomic mass is 9.82. The number of nitrogens with one attached hydrogen (secondary N) is 2. The Morgan fingerprint density at radius 1 is 1.18 bits per heavy atom. The molecule has 3 atom stereocenters. The Balaban J connectivity index is 2.13. The van der Waals surface area contributed by atoms with Gasteiger partial charge in [0.25, 0.3) is 0 Å². The largest absolute Gasteiger partial charge is 0.508 e. The molecule has 1 saturated heterocycles. The number of hydrogen-bond donors (Lipinski definition) is 4. The first kappa shape index (κ1) is 20.0. The number of phenolic OH excluding ortho intramolecular Hbond substituents is 2. The zero-order chi connectivity index (χ0) is 20.8. The number of aromatic hydroxyl groups is 2. The third kappa shape index (κ3) is 3.29. The third-order valence-corrected chi connectivity index (χ3v) is 4.94. The number of carbonyl (C=O) groups is 1. The molecule has 1 aliphatic rings. The number of esters is 1. The van der Waals surface area contributed by atoms with Crippen molar-refractivity contribution in [1.82, 2.24) is 10.9 Å². The van der Waals surface area contributed by atoms with Crippen LogP contribution in [0.2, 0.25) is 0 Å². The molecule has 3 rings (SSSR count). The highest BCUT2D eigenvalue weighted by molar-refractivity contribution is 5.86. The fourth-order valence-corrected chi connectivity index (χ4v) is 3.46. The number of hydrazine groups is 1. The fraction of sp³-hybridized carbons (Fsp3) is 0.389. The predicted molar refractivity (Wildman–Crippen MR) is 90.9 cm³/mol. The van der Waals surface area contributed by atoms with Gasteiger partial charge in [-0.05, 0) is 32.0 Å². The molecule has 0 bridgehead atoms. The van der Waals surface area contributed by atoms with Gasteiger partial charge in [-0.1, -0.05) is 0 Å². The molecule has 2 aromatic rings. The minimum absolute atomic E-state index is 0.130. The Bertz CT molecular complexity index is 909. The van der Waals surface area contributed by atoms with Crippen LogP contribution < -0.4 is 10.9 Å². The average molecular weight is 400 g/mol. The SMILES string of the molecule is COC(=O)c1cc(C2C(c3ccc(O)c(C)c3O)NNC2C(F)(F)F)c(C)o1. The second-order valence-corrected chi connectivity index (χ2v) is 6.57. The lowest BCUT2D eigenvalue weighted by Crippen LogP contribution is -2.43. The second kappa shape index (κ2) is 7.02. The topological polar surface area (TPSA) is 104 Å². The van der Waals surface area contributed by atoms with E-state index in [0.717, 1.165) is 7.11 Å². The van der Waals surface area contributed by atoms with Crippen LogP contribution in [0, 0.1) is 13.8 Å². The first-order chi connectivity index (χ1) is 13.1. The van der Waals surface area contributed by atoms with Crippen molar-refractivity contribution in [2.75, 3.05) is 7.11 Å². The zero-order valence-corrected chi connectivity index (χ0v) is 15.2. The maximum absolute atomic E-state index is 13.7. The van der Waals surface area contributed by atoms with E-state index in [1.807, 2.05) is 0 Å². The van der Waals surface area contributed by atoms with Crippen LogP contribution in [0.15, 0.2) is 22.6 Å².